The van der Waals surface area contributed by atoms with Crippen molar-refractivity contribution in [3.63, 3.8) is 0 Å². The zero-order valence-electron chi connectivity index (χ0n) is 14.3. The molecule has 0 saturated heterocycles. The van der Waals surface area contributed by atoms with Gasteiger partial charge in [-0.3, -0.25) is 4.90 Å². The second-order valence-electron chi connectivity index (χ2n) is 6.62. The van der Waals surface area contributed by atoms with E-state index in [2.05, 4.69) is 44.4 Å². The van der Waals surface area contributed by atoms with Crippen LogP contribution in [0.15, 0.2) is 0 Å². The number of aliphatic hydroxyl groups excluding tert-OH is 1. The summed E-state index contributed by atoms with van der Waals surface area (Å²) in [5.74, 6) is 1.28. The fraction of sp³-hybridized carbons (Fsp3) is 1.00. The highest BCUT2D eigenvalue weighted by Crippen LogP contribution is 2.32. The average molecular weight is 284 g/mol. The summed E-state index contributed by atoms with van der Waals surface area (Å²) in [5, 5.41) is 10.5. The quantitative estimate of drug-likeness (QED) is 0.742. The van der Waals surface area contributed by atoms with Crippen LogP contribution in [0.4, 0.5) is 0 Å². The van der Waals surface area contributed by atoms with E-state index in [0.717, 1.165) is 32.6 Å². The summed E-state index contributed by atoms with van der Waals surface area (Å²) in [7, 11) is 0. The van der Waals surface area contributed by atoms with Crippen molar-refractivity contribution in [2.45, 2.75) is 66.0 Å². The largest absolute Gasteiger partial charge is 0.391 e. The van der Waals surface area contributed by atoms with E-state index in [1.807, 2.05) is 0 Å². The first kappa shape index (κ1) is 17.9. The fourth-order valence-corrected chi connectivity index (χ4v) is 3.96. The van der Waals surface area contributed by atoms with Gasteiger partial charge in [0.1, 0.15) is 0 Å². The lowest BCUT2D eigenvalue weighted by Gasteiger charge is -2.43. The number of hydrogen-bond acceptors (Lipinski definition) is 3. The summed E-state index contributed by atoms with van der Waals surface area (Å²) in [4.78, 5) is 5.00. The minimum Gasteiger partial charge on any atom is -0.391 e. The Bertz CT molecular complexity index is 243. The number of likely N-dealkylation sites (N-methyl/N-ethyl adjacent to an activating group) is 1. The van der Waals surface area contributed by atoms with Gasteiger partial charge in [-0.25, -0.2) is 0 Å². The molecule has 3 nitrogen and oxygen atoms in total. The van der Waals surface area contributed by atoms with Gasteiger partial charge in [-0.2, -0.15) is 0 Å². The van der Waals surface area contributed by atoms with Crippen molar-refractivity contribution in [3.8, 4) is 0 Å². The molecule has 1 saturated carbocycles. The van der Waals surface area contributed by atoms with Crippen molar-refractivity contribution in [3.05, 3.63) is 0 Å². The first-order valence-electron chi connectivity index (χ1n) is 8.67. The van der Waals surface area contributed by atoms with Crippen LogP contribution < -0.4 is 0 Å². The van der Waals surface area contributed by atoms with Crippen LogP contribution in [0.2, 0.25) is 0 Å². The highest BCUT2D eigenvalue weighted by molar-refractivity contribution is 4.89. The molecule has 0 aromatic rings. The molecule has 0 aliphatic heterocycles. The molecule has 1 fully saturated rings. The topological polar surface area (TPSA) is 26.7 Å². The summed E-state index contributed by atoms with van der Waals surface area (Å²) in [6.45, 7) is 16.9. The predicted molar refractivity (Wildman–Crippen MR) is 87.0 cm³/mol. The van der Waals surface area contributed by atoms with E-state index in [0.29, 0.717) is 17.9 Å². The molecule has 120 valence electrons. The Hall–Kier alpha value is -0.120. The van der Waals surface area contributed by atoms with E-state index in [1.165, 1.54) is 19.4 Å². The zero-order chi connectivity index (χ0) is 15.1. The highest BCUT2D eigenvalue weighted by atomic mass is 16.3. The first-order valence-corrected chi connectivity index (χ1v) is 8.67. The molecule has 0 radical (unpaired) electrons. The van der Waals surface area contributed by atoms with Crippen molar-refractivity contribution in [1.29, 1.82) is 0 Å². The van der Waals surface area contributed by atoms with Crippen LogP contribution in [-0.2, 0) is 0 Å². The minimum absolute atomic E-state index is 0.137. The van der Waals surface area contributed by atoms with Gasteiger partial charge >= 0.3 is 0 Å². The van der Waals surface area contributed by atoms with Gasteiger partial charge in [-0.1, -0.05) is 34.6 Å². The number of rotatable bonds is 8. The molecule has 1 aliphatic rings. The molecule has 0 bridgehead atoms. The first-order chi connectivity index (χ1) is 9.53. The van der Waals surface area contributed by atoms with E-state index in [9.17, 15) is 5.11 Å². The Balaban J connectivity index is 2.48. The molecular formula is C17H36N2O. The summed E-state index contributed by atoms with van der Waals surface area (Å²) in [6, 6.07) is 0.368. The van der Waals surface area contributed by atoms with Gasteiger partial charge in [0.25, 0.3) is 0 Å². The smallest absolute Gasteiger partial charge is 0.0700 e. The molecule has 3 heteroatoms. The van der Waals surface area contributed by atoms with E-state index >= 15 is 0 Å². The fourth-order valence-electron chi connectivity index (χ4n) is 3.96. The molecule has 0 spiro atoms. The van der Waals surface area contributed by atoms with Gasteiger partial charge < -0.3 is 10.0 Å². The molecule has 20 heavy (non-hydrogen) atoms. The summed E-state index contributed by atoms with van der Waals surface area (Å²) < 4.78 is 0. The monoisotopic (exact) mass is 284 g/mol. The summed E-state index contributed by atoms with van der Waals surface area (Å²) in [6.07, 6.45) is 3.30. The normalized spacial score (nSPS) is 31.2. The Labute approximate surface area is 126 Å². The Kier molecular flexibility index (Phi) is 8.08. The third-order valence-electron chi connectivity index (χ3n) is 5.04. The van der Waals surface area contributed by atoms with E-state index < -0.39 is 0 Å². The van der Waals surface area contributed by atoms with Gasteiger partial charge in [0.2, 0.25) is 0 Å². The minimum atomic E-state index is -0.137. The predicted octanol–water partition coefficient (Wildman–Crippen LogP) is 2.84. The molecule has 4 atom stereocenters. The molecule has 0 amide bonds. The highest BCUT2D eigenvalue weighted by Gasteiger charge is 2.35. The molecule has 0 heterocycles. The lowest BCUT2D eigenvalue weighted by atomic mass is 9.77. The van der Waals surface area contributed by atoms with E-state index in [1.54, 1.807) is 0 Å². The van der Waals surface area contributed by atoms with E-state index in [4.69, 9.17) is 0 Å². The zero-order valence-corrected chi connectivity index (χ0v) is 14.3. The van der Waals surface area contributed by atoms with Crippen molar-refractivity contribution < 1.29 is 5.11 Å². The van der Waals surface area contributed by atoms with Crippen LogP contribution in [0.3, 0.4) is 0 Å². The molecule has 1 N–H and O–H groups in total. The van der Waals surface area contributed by atoms with Crippen molar-refractivity contribution >= 4 is 0 Å². The maximum atomic E-state index is 10.5. The molecular weight excluding hydrogens is 248 g/mol. The average Bonchev–Trinajstić information content (AvgIpc) is 2.40. The molecule has 1 aliphatic carbocycles. The Morgan fingerprint density at radius 3 is 2.10 bits per heavy atom. The van der Waals surface area contributed by atoms with Gasteiger partial charge in [-0.15, -0.1) is 0 Å². The van der Waals surface area contributed by atoms with E-state index in [-0.39, 0.29) is 6.10 Å². The van der Waals surface area contributed by atoms with Crippen LogP contribution >= 0.6 is 0 Å². The Morgan fingerprint density at radius 2 is 1.60 bits per heavy atom. The van der Waals surface area contributed by atoms with Crippen LogP contribution in [0.25, 0.3) is 0 Å². The summed E-state index contributed by atoms with van der Waals surface area (Å²) >= 11 is 0. The van der Waals surface area contributed by atoms with Crippen molar-refractivity contribution in [2.75, 3.05) is 32.7 Å². The summed E-state index contributed by atoms with van der Waals surface area (Å²) in [5.41, 5.74) is 0. The second-order valence-corrected chi connectivity index (χ2v) is 6.62. The third-order valence-corrected chi connectivity index (χ3v) is 5.04. The number of hydrogen-bond donors (Lipinski definition) is 1. The van der Waals surface area contributed by atoms with Gasteiger partial charge in [0.15, 0.2) is 0 Å². The molecule has 1 rings (SSSR count). The van der Waals surface area contributed by atoms with Crippen LogP contribution in [0.5, 0.6) is 0 Å². The third kappa shape index (κ3) is 5.01. The maximum absolute atomic E-state index is 10.5. The van der Waals surface area contributed by atoms with Gasteiger partial charge in [0, 0.05) is 6.04 Å². The lowest BCUT2D eigenvalue weighted by molar-refractivity contribution is -0.0235. The molecule has 4 unspecified atom stereocenters. The van der Waals surface area contributed by atoms with Crippen molar-refractivity contribution in [2.24, 2.45) is 11.8 Å². The maximum Gasteiger partial charge on any atom is 0.0700 e. The van der Waals surface area contributed by atoms with Gasteiger partial charge in [-0.05, 0) is 63.8 Å². The van der Waals surface area contributed by atoms with Gasteiger partial charge in [0.05, 0.1) is 6.10 Å². The van der Waals surface area contributed by atoms with Crippen LogP contribution in [-0.4, -0.2) is 59.8 Å². The van der Waals surface area contributed by atoms with Crippen LogP contribution in [0.1, 0.15) is 53.9 Å². The second kappa shape index (κ2) is 9.01. The van der Waals surface area contributed by atoms with Crippen LogP contribution in [0, 0.1) is 11.8 Å². The lowest BCUT2D eigenvalue weighted by Crippen LogP contribution is -2.51. The molecule has 0 aromatic carbocycles. The Morgan fingerprint density at radius 1 is 0.950 bits per heavy atom. The SMILES string of the molecule is CCN(CC)CCCN(CC)C1C(C)CC(C)CC1O. The van der Waals surface area contributed by atoms with Crippen molar-refractivity contribution in [1.82, 2.24) is 9.80 Å². The number of aliphatic hydroxyl groups is 1. The molecule has 0 aromatic heterocycles. The standard InChI is InChI=1S/C17H36N2O/c1-6-18(7-2)10-9-11-19(8-3)17-15(5)12-14(4)13-16(17)20/h14-17,20H,6-13H2,1-5H3. The number of nitrogens with zero attached hydrogens (tertiary/aromatic N) is 2.